The molecule has 2 aliphatic heterocycles. The van der Waals surface area contributed by atoms with E-state index in [1.807, 2.05) is 41.2 Å². The minimum Gasteiger partial charge on any atom is -0.508 e. The van der Waals surface area contributed by atoms with E-state index < -0.39 is 12.2 Å². The second kappa shape index (κ2) is 12.3. The van der Waals surface area contributed by atoms with E-state index in [-0.39, 0.29) is 49.4 Å². The first kappa shape index (κ1) is 29.7. The molecule has 2 saturated heterocycles. The van der Waals surface area contributed by atoms with Crippen molar-refractivity contribution in [3.8, 4) is 5.75 Å². The number of hydrazine groups is 1. The van der Waals surface area contributed by atoms with Crippen LogP contribution in [0.15, 0.2) is 78.8 Å². The number of aryl methyl sites for hydroxylation is 1. The van der Waals surface area contributed by atoms with Gasteiger partial charge in [-0.3, -0.25) is 14.6 Å². The summed E-state index contributed by atoms with van der Waals surface area (Å²) in [5.74, 6) is -0.680. The normalized spacial score (nSPS) is 18.9. The summed E-state index contributed by atoms with van der Waals surface area (Å²) >= 11 is 7.17. The Morgan fingerprint density at radius 3 is 2.64 bits per heavy atom. The Kier molecular flexibility index (Phi) is 8.30. The van der Waals surface area contributed by atoms with Gasteiger partial charge in [-0.1, -0.05) is 42.0 Å². The number of anilines is 1. The van der Waals surface area contributed by atoms with Crippen LogP contribution in [0.25, 0.3) is 10.2 Å². The third-order valence-corrected chi connectivity index (χ3v) is 9.05. The molecule has 2 amide bonds. The predicted octanol–water partition coefficient (Wildman–Crippen LogP) is 4.67. The van der Waals surface area contributed by atoms with Crippen molar-refractivity contribution >= 4 is 56.4 Å². The number of aromatic hydroxyl groups is 1. The van der Waals surface area contributed by atoms with Gasteiger partial charge in [-0.25, -0.2) is 14.4 Å². The number of amides is 2. The van der Waals surface area contributed by atoms with Gasteiger partial charge in [-0.15, -0.1) is 17.9 Å². The van der Waals surface area contributed by atoms with Crippen LogP contribution in [-0.2, 0) is 22.6 Å². The first-order chi connectivity index (χ1) is 21.2. The fourth-order valence-corrected chi connectivity index (χ4v) is 6.92. The number of carbonyl (C=O) groups excluding carboxylic acids is 2. The van der Waals surface area contributed by atoms with E-state index >= 15 is 0 Å². The summed E-state index contributed by atoms with van der Waals surface area (Å²) in [5, 5.41) is 17.2. The highest BCUT2D eigenvalue weighted by Gasteiger charge is 2.50. The Labute approximate surface area is 263 Å². The summed E-state index contributed by atoms with van der Waals surface area (Å²) in [7, 11) is 0. The highest BCUT2D eigenvalue weighted by molar-refractivity contribution is 7.80. The van der Waals surface area contributed by atoms with Crippen molar-refractivity contribution in [3.63, 3.8) is 0 Å². The summed E-state index contributed by atoms with van der Waals surface area (Å²) in [5.41, 5.74) is 5.52. The molecule has 3 heterocycles. The van der Waals surface area contributed by atoms with E-state index in [4.69, 9.17) is 12.2 Å². The number of carbonyl (C=O) groups is 2. The van der Waals surface area contributed by atoms with Crippen LogP contribution in [0.3, 0.4) is 0 Å². The minimum atomic E-state index is -0.840. The number of piperazine rings is 1. The summed E-state index contributed by atoms with van der Waals surface area (Å²) in [6.45, 7) is 6.59. The van der Waals surface area contributed by atoms with Gasteiger partial charge in [-0.2, -0.15) is 0 Å². The lowest BCUT2D eigenvalue weighted by molar-refractivity contribution is -0.186. The molecule has 0 spiro atoms. The van der Waals surface area contributed by atoms with Crippen LogP contribution in [0.4, 0.5) is 10.1 Å². The second-order valence-corrected chi connectivity index (χ2v) is 12.1. The zero-order valence-corrected chi connectivity index (χ0v) is 25.7. The standard InChI is InChI=1S/C32H31FN6O3S2/c1-3-14-37-18-28(41)38-26(15-21-6-11-24(40)12-7-21)31(42)36(16-22-8-13-25(33)30-29(22)34-19-44-30)17-27(38)39(37)32(43)35-23-9-4-20(2)5-10-23/h3-13,19,26-27,40H,1,14-18H2,2H3,(H,35,43)/t26-,27-/m0/s1. The first-order valence-corrected chi connectivity index (χ1v) is 15.4. The van der Waals surface area contributed by atoms with Crippen molar-refractivity contribution in [2.45, 2.75) is 32.1 Å². The topological polar surface area (TPSA) is 92.2 Å². The molecule has 44 heavy (non-hydrogen) atoms. The van der Waals surface area contributed by atoms with Crippen LogP contribution < -0.4 is 5.32 Å². The third kappa shape index (κ3) is 5.75. The molecule has 2 aliphatic rings. The quantitative estimate of drug-likeness (QED) is 0.225. The zero-order chi connectivity index (χ0) is 31.0. The van der Waals surface area contributed by atoms with Gasteiger partial charge in [0.15, 0.2) is 5.11 Å². The molecule has 0 bridgehead atoms. The number of fused-ring (bicyclic) bond motifs is 2. The number of hydrogen-bond donors (Lipinski definition) is 2. The highest BCUT2D eigenvalue weighted by Crippen LogP contribution is 2.32. The van der Waals surface area contributed by atoms with E-state index in [0.29, 0.717) is 27.4 Å². The number of benzene rings is 3. The lowest BCUT2D eigenvalue weighted by Crippen LogP contribution is -2.76. The molecule has 9 nitrogen and oxygen atoms in total. The molecule has 1 aromatic heterocycles. The number of aromatic nitrogens is 1. The molecule has 2 fully saturated rings. The molecular formula is C32H31FN6O3S2. The maximum absolute atomic E-state index is 14.5. The molecule has 3 aromatic carbocycles. The summed E-state index contributed by atoms with van der Waals surface area (Å²) in [4.78, 5) is 35.8. The smallest absolute Gasteiger partial charge is 0.246 e. The minimum absolute atomic E-state index is 0.00893. The van der Waals surface area contributed by atoms with Gasteiger partial charge in [0.25, 0.3) is 0 Å². The van der Waals surface area contributed by atoms with Crippen molar-refractivity contribution in [1.82, 2.24) is 24.8 Å². The molecule has 0 aliphatic carbocycles. The molecule has 4 aromatic rings. The summed E-state index contributed by atoms with van der Waals surface area (Å²) in [6.07, 6.45) is 1.32. The van der Waals surface area contributed by atoms with Crippen molar-refractivity contribution in [2.24, 2.45) is 0 Å². The number of hydrogen-bond acceptors (Lipinski definition) is 7. The monoisotopic (exact) mass is 630 g/mol. The fraction of sp³-hybridized carbons (Fsp3) is 0.250. The molecule has 0 radical (unpaired) electrons. The lowest BCUT2D eigenvalue weighted by Gasteiger charge is -2.56. The summed E-state index contributed by atoms with van der Waals surface area (Å²) in [6, 6.07) is 16.7. The molecule has 12 heteroatoms. The average Bonchev–Trinajstić information content (AvgIpc) is 3.50. The Bertz CT molecular complexity index is 1730. The van der Waals surface area contributed by atoms with E-state index in [1.165, 1.54) is 17.4 Å². The van der Waals surface area contributed by atoms with Crippen LogP contribution in [0.2, 0.25) is 0 Å². The van der Waals surface area contributed by atoms with E-state index in [1.54, 1.807) is 51.7 Å². The third-order valence-electron chi connectivity index (χ3n) is 7.93. The van der Waals surface area contributed by atoms with Crippen LogP contribution in [0.5, 0.6) is 5.75 Å². The van der Waals surface area contributed by atoms with Crippen molar-refractivity contribution in [1.29, 1.82) is 0 Å². The Balaban J connectivity index is 1.39. The van der Waals surface area contributed by atoms with Gasteiger partial charge in [0.05, 0.1) is 28.8 Å². The molecule has 0 saturated carbocycles. The number of thiocarbonyl (C=S) groups is 1. The Morgan fingerprint density at radius 2 is 1.91 bits per heavy atom. The summed E-state index contributed by atoms with van der Waals surface area (Å²) < 4.78 is 14.9. The largest absolute Gasteiger partial charge is 0.508 e. The fourth-order valence-electron chi connectivity index (χ4n) is 5.82. The van der Waals surface area contributed by atoms with Gasteiger partial charge in [0, 0.05) is 25.2 Å². The maximum atomic E-state index is 14.5. The van der Waals surface area contributed by atoms with Crippen LogP contribution in [0, 0.1) is 12.7 Å². The zero-order valence-electron chi connectivity index (χ0n) is 24.0. The van der Waals surface area contributed by atoms with E-state index in [9.17, 15) is 19.1 Å². The Morgan fingerprint density at radius 1 is 1.16 bits per heavy atom. The number of nitrogens with zero attached hydrogens (tertiary/aromatic N) is 5. The number of phenols is 1. The molecule has 6 rings (SSSR count). The average molecular weight is 631 g/mol. The first-order valence-electron chi connectivity index (χ1n) is 14.1. The lowest BCUT2D eigenvalue weighted by atomic mass is 9.98. The molecule has 2 atom stereocenters. The Hall–Kier alpha value is -4.39. The highest BCUT2D eigenvalue weighted by atomic mass is 32.1. The van der Waals surface area contributed by atoms with Crippen molar-refractivity contribution in [2.75, 3.05) is 25.0 Å². The van der Waals surface area contributed by atoms with Crippen LogP contribution in [-0.4, -0.2) is 78.7 Å². The molecule has 0 unspecified atom stereocenters. The molecule has 226 valence electrons. The number of nitrogens with one attached hydrogen (secondary N) is 1. The maximum Gasteiger partial charge on any atom is 0.246 e. The molecular weight excluding hydrogens is 600 g/mol. The van der Waals surface area contributed by atoms with E-state index in [2.05, 4.69) is 16.9 Å². The van der Waals surface area contributed by atoms with Crippen molar-refractivity contribution in [3.05, 3.63) is 101 Å². The van der Waals surface area contributed by atoms with Gasteiger partial charge < -0.3 is 20.2 Å². The molecule has 2 N–H and O–H groups in total. The van der Waals surface area contributed by atoms with Gasteiger partial charge in [-0.05, 0) is 60.6 Å². The number of thiazole rings is 1. The van der Waals surface area contributed by atoms with Crippen LogP contribution >= 0.6 is 23.6 Å². The van der Waals surface area contributed by atoms with Gasteiger partial charge in [0.2, 0.25) is 11.8 Å². The second-order valence-electron chi connectivity index (χ2n) is 10.9. The SMILES string of the molecule is C=CCN1CC(=O)N2[C@@H](Cc3ccc(O)cc3)C(=O)N(Cc3ccc(F)c4scnc34)C[C@@H]2N1C(=S)Nc1ccc(C)cc1. The van der Waals surface area contributed by atoms with Crippen molar-refractivity contribution < 1.29 is 19.1 Å². The van der Waals surface area contributed by atoms with Gasteiger partial charge >= 0.3 is 0 Å². The van der Waals surface area contributed by atoms with Crippen LogP contribution in [0.1, 0.15) is 16.7 Å². The van der Waals surface area contributed by atoms with Gasteiger partial charge in [0.1, 0.15) is 23.8 Å². The number of rotatable bonds is 7. The van der Waals surface area contributed by atoms with E-state index in [0.717, 1.165) is 16.8 Å². The predicted molar refractivity (Wildman–Crippen MR) is 172 cm³/mol. The number of halogens is 1. The number of phenolic OH excluding ortho intramolecular Hbond substituents is 1.